The van der Waals surface area contributed by atoms with E-state index in [1.807, 2.05) is 31.3 Å². The zero-order valence-corrected chi connectivity index (χ0v) is 28.7. The molecule has 2 fully saturated rings. The predicted molar refractivity (Wildman–Crippen MR) is 185 cm³/mol. The van der Waals surface area contributed by atoms with E-state index in [-0.39, 0.29) is 36.0 Å². The number of aromatic nitrogens is 2. The summed E-state index contributed by atoms with van der Waals surface area (Å²) in [5, 5.41) is 2.92. The van der Waals surface area contributed by atoms with Crippen molar-refractivity contribution in [1.82, 2.24) is 20.2 Å². The number of amides is 1. The summed E-state index contributed by atoms with van der Waals surface area (Å²) in [5.41, 5.74) is 2.93. The molecule has 0 spiro atoms. The summed E-state index contributed by atoms with van der Waals surface area (Å²) >= 11 is 0. The van der Waals surface area contributed by atoms with E-state index in [1.54, 1.807) is 0 Å². The molecule has 6 rings (SSSR count). The van der Waals surface area contributed by atoms with Crippen molar-refractivity contribution in [2.75, 3.05) is 62.8 Å². The topological polar surface area (TPSA) is 93.8 Å². The number of aromatic amines is 1. The molecule has 1 aromatic carbocycles. The molecular weight excluding hydrogens is 633 g/mol. The molecule has 2 N–H and O–H groups in total. The molecule has 2 saturated heterocycles. The quantitative estimate of drug-likeness (QED) is 0.294. The number of nitrogens with zero attached hydrogens (tertiary/aromatic N) is 4. The van der Waals surface area contributed by atoms with Gasteiger partial charge in [0, 0.05) is 87.1 Å². The van der Waals surface area contributed by atoms with E-state index in [1.165, 1.54) is 0 Å². The van der Waals surface area contributed by atoms with Gasteiger partial charge in [-0.1, -0.05) is 6.42 Å². The maximum atomic E-state index is 14.1. The minimum absolute atomic E-state index is 0.150. The number of anilines is 2. The SMILES string of the molecule is CCN(c1cc(-c2ccc(N3CCN(C)CC3)nc2)cc(C(=O)NCc2c3c(c(C(F)(F)F)[nH]c2=O)CCCCC3)c1C)C1CCOCC1. The lowest BCUT2D eigenvalue weighted by Gasteiger charge is -2.37. The Labute approximate surface area is 285 Å². The number of carbonyl (C=O) groups excluding carboxylic acids is 1. The second-order valence-electron chi connectivity index (χ2n) is 13.5. The zero-order valence-electron chi connectivity index (χ0n) is 28.7. The van der Waals surface area contributed by atoms with Crippen LogP contribution in [0.1, 0.15) is 77.3 Å². The number of alkyl halides is 3. The number of H-pyrrole nitrogens is 1. The molecule has 0 unspecified atom stereocenters. The van der Waals surface area contributed by atoms with Crippen LogP contribution in [0.15, 0.2) is 35.3 Å². The molecule has 1 aliphatic carbocycles. The van der Waals surface area contributed by atoms with Crippen molar-refractivity contribution in [1.29, 1.82) is 0 Å². The van der Waals surface area contributed by atoms with E-state index >= 15 is 0 Å². The van der Waals surface area contributed by atoms with Gasteiger partial charge in [-0.15, -0.1) is 0 Å². The summed E-state index contributed by atoms with van der Waals surface area (Å²) in [5.74, 6) is 0.535. The van der Waals surface area contributed by atoms with Crippen molar-refractivity contribution in [3.05, 3.63) is 74.3 Å². The van der Waals surface area contributed by atoms with Crippen molar-refractivity contribution in [3.8, 4) is 11.1 Å². The van der Waals surface area contributed by atoms with Crippen LogP contribution in [0.3, 0.4) is 0 Å². The van der Waals surface area contributed by atoms with Gasteiger partial charge in [0.15, 0.2) is 0 Å². The molecule has 1 amide bonds. The summed E-state index contributed by atoms with van der Waals surface area (Å²) in [6.07, 6.45) is 1.67. The van der Waals surface area contributed by atoms with E-state index in [2.05, 4.69) is 45.0 Å². The second-order valence-corrected chi connectivity index (χ2v) is 13.5. The number of nitrogens with one attached hydrogen (secondary N) is 2. The zero-order chi connectivity index (χ0) is 34.7. The van der Waals surface area contributed by atoms with Crippen molar-refractivity contribution < 1.29 is 22.7 Å². The van der Waals surface area contributed by atoms with Gasteiger partial charge in [0.25, 0.3) is 11.5 Å². The predicted octanol–water partition coefficient (Wildman–Crippen LogP) is 5.72. The number of rotatable bonds is 8. The van der Waals surface area contributed by atoms with Crippen LogP contribution in [0, 0.1) is 6.92 Å². The normalized spacial score (nSPS) is 17.8. The van der Waals surface area contributed by atoms with Crippen molar-refractivity contribution >= 4 is 17.4 Å². The molecule has 3 aromatic rings. The van der Waals surface area contributed by atoms with Crippen molar-refractivity contribution in [2.24, 2.45) is 0 Å². The molecule has 0 bridgehead atoms. The minimum atomic E-state index is -4.66. The van der Waals surface area contributed by atoms with Crippen LogP contribution in [0.25, 0.3) is 11.1 Å². The first kappa shape index (κ1) is 34.9. The van der Waals surface area contributed by atoms with Crippen molar-refractivity contribution in [2.45, 2.75) is 77.6 Å². The van der Waals surface area contributed by atoms with Gasteiger partial charge < -0.3 is 29.7 Å². The summed E-state index contributed by atoms with van der Waals surface area (Å²) in [7, 11) is 2.12. The first-order valence-electron chi connectivity index (χ1n) is 17.6. The first-order chi connectivity index (χ1) is 23.5. The molecule has 264 valence electrons. The van der Waals surface area contributed by atoms with Crippen LogP contribution in [0.5, 0.6) is 0 Å². The van der Waals surface area contributed by atoms with Gasteiger partial charge in [-0.05, 0) is 106 Å². The Hall–Kier alpha value is -3.90. The summed E-state index contributed by atoms with van der Waals surface area (Å²) in [6.45, 7) is 9.74. The minimum Gasteiger partial charge on any atom is -0.381 e. The fraction of sp³-hybridized carbons (Fsp3) is 0.541. The maximum absolute atomic E-state index is 14.1. The number of ether oxygens (including phenoxy) is 1. The fourth-order valence-electron chi connectivity index (χ4n) is 7.59. The van der Waals surface area contributed by atoms with E-state index in [0.717, 1.165) is 80.2 Å². The van der Waals surface area contributed by atoms with Gasteiger partial charge >= 0.3 is 6.18 Å². The van der Waals surface area contributed by atoms with Crippen LogP contribution in [0.2, 0.25) is 0 Å². The van der Waals surface area contributed by atoms with Crippen LogP contribution in [-0.2, 0) is 30.3 Å². The number of fused-ring (bicyclic) bond motifs is 1. The molecule has 0 atom stereocenters. The van der Waals surface area contributed by atoms with E-state index in [9.17, 15) is 22.8 Å². The largest absolute Gasteiger partial charge is 0.431 e. The molecule has 9 nitrogen and oxygen atoms in total. The number of piperazine rings is 1. The average Bonchev–Trinajstić information content (AvgIpc) is 3.35. The Balaban J connectivity index is 1.34. The monoisotopic (exact) mass is 680 g/mol. The molecule has 4 heterocycles. The highest BCUT2D eigenvalue weighted by molar-refractivity contribution is 5.99. The van der Waals surface area contributed by atoms with E-state index in [0.29, 0.717) is 43.6 Å². The van der Waals surface area contributed by atoms with E-state index in [4.69, 9.17) is 9.72 Å². The Morgan fingerprint density at radius 2 is 1.76 bits per heavy atom. The molecule has 0 radical (unpaired) electrons. The number of carbonyl (C=O) groups is 1. The van der Waals surface area contributed by atoms with Crippen LogP contribution >= 0.6 is 0 Å². The molecule has 2 aromatic heterocycles. The third-order valence-electron chi connectivity index (χ3n) is 10.4. The Morgan fingerprint density at radius 3 is 2.41 bits per heavy atom. The molecule has 2 aliphatic heterocycles. The standard InChI is InChI=1S/C37H47F3N6O3/c1-4-46(27-12-18-49-19-13-27)32-21-26(25-10-11-33(41-22-25)45-16-14-44(3)15-17-45)20-30(24(32)2)35(47)42-23-31-28-8-6-5-7-9-29(28)34(37(38,39)40)43-36(31)48/h10-11,20-22,27H,4-9,12-19,23H2,1-3H3,(H,42,47)(H,43,48). The average molecular weight is 681 g/mol. The van der Waals surface area contributed by atoms with Gasteiger partial charge in [0.2, 0.25) is 0 Å². The number of likely N-dealkylation sites (N-methyl/N-ethyl adjacent to an activating group) is 1. The van der Waals surface area contributed by atoms with Crippen LogP contribution in [0.4, 0.5) is 24.7 Å². The smallest absolute Gasteiger partial charge is 0.381 e. The van der Waals surface area contributed by atoms with Crippen LogP contribution < -0.4 is 20.7 Å². The fourth-order valence-corrected chi connectivity index (χ4v) is 7.59. The molecule has 0 saturated carbocycles. The second kappa shape index (κ2) is 14.9. The summed E-state index contributed by atoms with van der Waals surface area (Å²) in [4.78, 5) is 41.0. The van der Waals surface area contributed by atoms with Crippen LogP contribution in [-0.4, -0.2) is 79.8 Å². The van der Waals surface area contributed by atoms with Gasteiger partial charge in [-0.25, -0.2) is 4.98 Å². The van der Waals surface area contributed by atoms with Gasteiger partial charge in [-0.2, -0.15) is 13.2 Å². The lowest BCUT2D eigenvalue weighted by Crippen LogP contribution is -2.44. The van der Waals surface area contributed by atoms with Gasteiger partial charge in [0.05, 0.1) is 0 Å². The summed E-state index contributed by atoms with van der Waals surface area (Å²) < 4.78 is 47.4. The first-order valence-corrected chi connectivity index (χ1v) is 17.6. The van der Waals surface area contributed by atoms with Gasteiger partial charge in [-0.3, -0.25) is 9.59 Å². The number of hydrogen-bond donors (Lipinski definition) is 2. The lowest BCUT2D eigenvalue weighted by molar-refractivity contribution is -0.142. The molecule has 12 heteroatoms. The molecule has 3 aliphatic rings. The third-order valence-corrected chi connectivity index (χ3v) is 10.4. The molecular formula is C37H47F3N6O3. The Kier molecular flexibility index (Phi) is 10.6. The Morgan fingerprint density at radius 1 is 1.04 bits per heavy atom. The van der Waals surface area contributed by atoms with Gasteiger partial charge in [0.1, 0.15) is 11.5 Å². The Bertz CT molecular complexity index is 1690. The highest BCUT2D eigenvalue weighted by atomic mass is 19.4. The number of hydrogen-bond acceptors (Lipinski definition) is 7. The number of pyridine rings is 2. The lowest BCUT2D eigenvalue weighted by atomic mass is 9.95. The number of benzene rings is 1. The third kappa shape index (κ3) is 7.65. The number of halogens is 3. The highest BCUT2D eigenvalue weighted by Crippen LogP contribution is 2.36. The van der Waals surface area contributed by atoms with E-state index < -0.39 is 17.4 Å². The molecule has 49 heavy (non-hydrogen) atoms. The maximum Gasteiger partial charge on any atom is 0.431 e. The van der Waals surface area contributed by atoms with Crippen molar-refractivity contribution in [3.63, 3.8) is 0 Å². The summed E-state index contributed by atoms with van der Waals surface area (Å²) in [6, 6.07) is 8.30. The highest BCUT2D eigenvalue weighted by Gasteiger charge is 2.37.